The zero-order chi connectivity index (χ0) is 17.2. The van der Waals surface area contributed by atoms with Crippen LogP contribution in [0.4, 0.5) is 5.69 Å². The second-order valence-electron chi connectivity index (χ2n) is 5.43. The van der Waals surface area contributed by atoms with Gasteiger partial charge >= 0.3 is 0 Å². The van der Waals surface area contributed by atoms with Crippen molar-refractivity contribution in [1.82, 2.24) is 4.98 Å². The molecule has 0 spiro atoms. The van der Waals surface area contributed by atoms with Gasteiger partial charge in [0.1, 0.15) is 5.52 Å². The second-order valence-corrected chi connectivity index (χ2v) is 6.25. The summed E-state index contributed by atoms with van der Waals surface area (Å²) in [5.41, 5.74) is 3.90. The van der Waals surface area contributed by atoms with Crippen molar-refractivity contribution in [3.63, 3.8) is 0 Å². The number of hydrogen-bond acceptors (Lipinski definition) is 3. The molecule has 0 fully saturated rings. The van der Waals surface area contributed by atoms with E-state index in [9.17, 15) is 0 Å². The average molecular weight is 367 g/mol. The van der Waals surface area contributed by atoms with Crippen LogP contribution in [0.15, 0.2) is 76.1 Å². The first-order valence-corrected chi connectivity index (χ1v) is 8.40. The Bertz CT molecular complexity index is 1030. The Balaban J connectivity index is 1.69. The van der Waals surface area contributed by atoms with Gasteiger partial charge < -0.3 is 4.42 Å². The van der Waals surface area contributed by atoms with Gasteiger partial charge in [0.05, 0.1) is 15.7 Å². The fraction of sp³-hybridized carbons (Fsp3) is 0. The molecule has 4 rings (SSSR count). The number of rotatable bonds is 3. The van der Waals surface area contributed by atoms with Crippen LogP contribution in [0.1, 0.15) is 5.56 Å². The summed E-state index contributed by atoms with van der Waals surface area (Å²) in [6.45, 7) is 0. The minimum Gasteiger partial charge on any atom is -0.436 e. The third-order valence-corrected chi connectivity index (χ3v) is 4.39. The normalized spacial score (nSPS) is 11.4. The van der Waals surface area contributed by atoms with E-state index in [0.29, 0.717) is 21.5 Å². The summed E-state index contributed by atoms with van der Waals surface area (Å²) in [5, 5.41) is 1.12. The van der Waals surface area contributed by atoms with E-state index in [1.807, 2.05) is 48.5 Å². The molecule has 4 aromatic rings. The van der Waals surface area contributed by atoms with Gasteiger partial charge in [-0.2, -0.15) is 0 Å². The number of fused-ring (bicyclic) bond motifs is 1. The predicted octanol–water partition coefficient (Wildman–Crippen LogP) is 6.55. The van der Waals surface area contributed by atoms with E-state index in [2.05, 4.69) is 9.98 Å². The summed E-state index contributed by atoms with van der Waals surface area (Å²) in [6.07, 6.45) is 1.66. The number of aromatic nitrogens is 1. The molecule has 0 bridgehead atoms. The maximum absolute atomic E-state index is 6.17. The van der Waals surface area contributed by atoms with Gasteiger partial charge in [-0.15, -0.1) is 0 Å². The van der Waals surface area contributed by atoms with Gasteiger partial charge in [0.2, 0.25) is 5.89 Å². The first-order valence-electron chi connectivity index (χ1n) is 7.65. The summed E-state index contributed by atoms with van der Waals surface area (Å²) in [7, 11) is 0. The monoisotopic (exact) mass is 366 g/mol. The SMILES string of the molecule is Clc1cccc(Cl)c1C=Nc1cccc(-c2nc3ccccc3o2)c1. The average Bonchev–Trinajstić information content (AvgIpc) is 3.06. The van der Waals surface area contributed by atoms with Crippen LogP contribution in [0.3, 0.4) is 0 Å². The maximum Gasteiger partial charge on any atom is 0.227 e. The summed E-state index contributed by atoms with van der Waals surface area (Å²) >= 11 is 12.3. The molecule has 5 heteroatoms. The molecular weight excluding hydrogens is 355 g/mol. The quantitative estimate of drug-likeness (QED) is 0.385. The number of benzene rings is 3. The van der Waals surface area contributed by atoms with Crippen molar-refractivity contribution in [3.8, 4) is 11.5 Å². The molecular formula is C20H12Cl2N2O. The lowest BCUT2D eigenvalue weighted by atomic mass is 10.2. The van der Waals surface area contributed by atoms with Crippen LogP contribution < -0.4 is 0 Å². The molecule has 3 nitrogen and oxygen atoms in total. The summed E-state index contributed by atoms with van der Waals surface area (Å²) in [4.78, 5) is 8.98. The summed E-state index contributed by atoms with van der Waals surface area (Å²) < 4.78 is 5.80. The summed E-state index contributed by atoms with van der Waals surface area (Å²) in [6, 6.07) is 20.7. The van der Waals surface area contributed by atoms with Crippen molar-refractivity contribution in [3.05, 3.63) is 82.3 Å². The Morgan fingerprint density at radius 3 is 2.44 bits per heavy atom. The summed E-state index contributed by atoms with van der Waals surface area (Å²) in [5.74, 6) is 0.564. The van der Waals surface area contributed by atoms with Gasteiger partial charge in [-0.1, -0.05) is 47.5 Å². The molecule has 0 saturated carbocycles. The number of para-hydroxylation sites is 2. The molecule has 0 saturated heterocycles. The Labute approximate surface area is 154 Å². The van der Waals surface area contributed by atoms with Crippen LogP contribution >= 0.6 is 23.2 Å². The molecule has 0 aliphatic rings. The van der Waals surface area contributed by atoms with Crippen molar-refractivity contribution in [2.45, 2.75) is 0 Å². The molecule has 3 aromatic carbocycles. The van der Waals surface area contributed by atoms with Gasteiger partial charge in [0, 0.05) is 17.3 Å². The Kier molecular flexibility index (Phi) is 4.26. The Morgan fingerprint density at radius 2 is 1.64 bits per heavy atom. The molecule has 0 aliphatic heterocycles. The lowest BCUT2D eigenvalue weighted by Gasteiger charge is -2.01. The standard InChI is InChI=1S/C20H12Cl2N2O/c21-16-7-4-8-17(22)15(16)12-23-14-6-3-5-13(11-14)20-24-18-9-1-2-10-19(18)25-20/h1-12H. The van der Waals surface area contributed by atoms with Crippen molar-refractivity contribution < 1.29 is 4.42 Å². The highest BCUT2D eigenvalue weighted by Gasteiger charge is 2.08. The highest BCUT2D eigenvalue weighted by atomic mass is 35.5. The van der Waals surface area contributed by atoms with Crippen molar-refractivity contribution in [1.29, 1.82) is 0 Å². The van der Waals surface area contributed by atoms with Crippen LogP contribution in [0.25, 0.3) is 22.6 Å². The van der Waals surface area contributed by atoms with Crippen LogP contribution in [-0.2, 0) is 0 Å². The molecule has 0 unspecified atom stereocenters. The molecule has 0 N–H and O–H groups in total. The van der Waals surface area contributed by atoms with Crippen LogP contribution in [0.2, 0.25) is 10.0 Å². The van der Waals surface area contributed by atoms with Gasteiger partial charge in [-0.25, -0.2) is 4.98 Å². The first-order chi connectivity index (χ1) is 12.2. The lowest BCUT2D eigenvalue weighted by molar-refractivity contribution is 0.620. The highest BCUT2D eigenvalue weighted by molar-refractivity contribution is 6.38. The minimum atomic E-state index is 0.561. The van der Waals surface area contributed by atoms with E-state index in [1.54, 1.807) is 24.4 Å². The largest absolute Gasteiger partial charge is 0.436 e. The van der Waals surface area contributed by atoms with E-state index in [1.165, 1.54) is 0 Å². The third kappa shape index (κ3) is 3.29. The van der Waals surface area contributed by atoms with Crippen LogP contribution in [-0.4, -0.2) is 11.2 Å². The Hall–Kier alpha value is -2.62. The maximum atomic E-state index is 6.17. The Morgan fingerprint density at radius 1 is 0.880 bits per heavy atom. The highest BCUT2D eigenvalue weighted by Crippen LogP contribution is 2.28. The van der Waals surface area contributed by atoms with E-state index in [4.69, 9.17) is 27.6 Å². The van der Waals surface area contributed by atoms with Gasteiger partial charge in [0.15, 0.2) is 5.58 Å². The van der Waals surface area contributed by atoms with E-state index < -0.39 is 0 Å². The molecule has 25 heavy (non-hydrogen) atoms. The van der Waals surface area contributed by atoms with Gasteiger partial charge in [0.25, 0.3) is 0 Å². The zero-order valence-corrected chi connectivity index (χ0v) is 14.5. The molecule has 0 amide bonds. The van der Waals surface area contributed by atoms with E-state index in [0.717, 1.165) is 22.4 Å². The number of hydrogen-bond donors (Lipinski definition) is 0. The van der Waals surface area contributed by atoms with E-state index >= 15 is 0 Å². The van der Waals surface area contributed by atoms with Crippen molar-refractivity contribution in [2.75, 3.05) is 0 Å². The molecule has 0 atom stereocenters. The predicted molar refractivity (Wildman–Crippen MR) is 103 cm³/mol. The molecule has 122 valence electrons. The van der Waals surface area contributed by atoms with Gasteiger partial charge in [-0.05, 0) is 42.5 Å². The fourth-order valence-electron chi connectivity index (χ4n) is 2.49. The zero-order valence-electron chi connectivity index (χ0n) is 13.0. The number of halogens is 2. The molecule has 1 heterocycles. The number of nitrogens with zero attached hydrogens (tertiary/aromatic N) is 2. The number of aliphatic imine (C=N–C) groups is 1. The fourth-order valence-corrected chi connectivity index (χ4v) is 2.98. The first kappa shape index (κ1) is 15.9. The number of oxazole rings is 1. The van der Waals surface area contributed by atoms with Crippen LogP contribution in [0.5, 0.6) is 0 Å². The van der Waals surface area contributed by atoms with Crippen molar-refractivity contribution in [2.24, 2.45) is 4.99 Å². The molecule has 0 aliphatic carbocycles. The lowest BCUT2D eigenvalue weighted by Crippen LogP contribution is -1.84. The third-order valence-electron chi connectivity index (χ3n) is 3.73. The molecule has 0 radical (unpaired) electrons. The minimum absolute atomic E-state index is 0.561. The van der Waals surface area contributed by atoms with E-state index in [-0.39, 0.29) is 0 Å². The second kappa shape index (κ2) is 6.71. The smallest absolute Gasteiger partial charge is 0.227 e. The molecule has 1 aromatic heterocycles. The van der Waals surface area contributed by atoms with Crippen LogP contribution in [0, 0.1) is 0 Å². The van der Waals surface area contributed by atoms with Gasteiger partial charge in [-0.3, -0.25) is 4.99 Å². The topological polar surface area (TPSA) is 38.4 Å². The van der Waals surface area contributed by atoms with Crippen molar-refractivity contribution >= 4 is 46.2 Å².